The van der Waals surface area contributed by atoms with Crippen molar-refractivity contribution < 1.29 is 4.79 Å². The van der Waals surface area contributed by atoms with Crippen LogP contribution in [0, 0.1) is 11.3 Å². The molecule has 100 valence electrons. The standard InChI is InChI=1S/C15H11BrN2OS/c1-18-15(19)10(9-17)8-11-6-7-14(20-11)12-4-2-3-5-13(12)16/h2-8H,1H3,(H,18,19)/b10-8+. The molecule has 0 saturated carbocycles. The lowest BCUT2D eigenvalue weighted by Crippen LogP contribution is -2.18. The van der Waals surface area contributed by atoms with Crippen LogP contribution in [-0.4, -0.2) is 13.0 Å². The molecule has 0 aliphatic rings. The Bertz CT molecular complexity index is 713. The van der Waals surface area contributed by atoms with Crippen LogP contribution < -0.4 is 5.32 Å². The van der Waals surface area contributed by atoms with Crippen LogP contribution in [0.15, 0.2) is 46.4 Å². The van der Waals surface area contributed by atoms with Gasteiger partial charge >= 0.3 is 0 Å². The van der Waals surface area contributed by atoms with Gasteiger partial charge in [0.25, 0.3) is 5.91 Å². The molecule has 1 aromatic carbocycles. The maximum Gasteiger partial charge on any atom is 0.261 e. The van der Waals surface area contributed by atoms with Crippen LogP contribution in [0.2, 0.25) is 0 Å². The number of nitrogens with one attached hydrogen (secondary N) is 1. The highest BCUT2D eigenvalue weighted by Gasteiger charge is 2.09. The lowest BCUT2D eigenvalue weighted by atomic mass is 10.2. The first-order valence-corrected chi connectivity index (χ1v) is 7.45. The Kier molecular flexibility index (Phi) is 4.72. The second-order valence-electron chi connectivity index (χ2n) is 3.93. The van der Waals surface area contributed by atoms with E-state index in [1.807, 2.05) is 42.5 Å². The molecule has 20 heavy (non-hydrogen) atoms. The van der Waals surface area contributed by atoms with Crippen molar-refractivity contribution in [1.29, 1.82) is 5.26 Å². The Balaban J connectivity index is 2.35. The van der Waals surface area contributed by atoms with Crippen molar-refractivity contribution in [3.05, 3.63) is 51.3 Å². The highest BCUT2D eigenvalue weighted by atomic mass is 79.9. The van der Waals surface area contributed by atoms with Crippen LogP contribution in [0.4, 0.5) is 0 Å². The average molecular weight is 347 g/mol. The van der Waals surface area contributed by atoms with Crippen LogP contribution in [-0.2, 0) is 4.79 Å². The van der Waals surface area contributed by atoms with E-state index in [0.717, 1.165) is 19.8 Å². The maximum atomic E-state index is 11.5. The van der Waals surface area contributed by atoms with Crippen molar-refractivity contribution in [2.24, 2.45) is 0 Å². The number of hydrogen-bond donors (Lipinski definition) is 1. The van der Waals surface area contributed by atoms with Crippen LogP contribution in [0.3, 0.4) is 0 Å². The summed E-state index contributed by atoms with van der Waals surface area (Å²) >= 11 is 5.05. The summed E-state index contributed by atoms with van der Waals surface area (Å²) < 4.78 is 1.02. The van der Waals surface area contributed by atoms with Crippen molar-refractivity contribution in [1.82, 2.24) is 5.32 Å². The predicted octanol–water partition coefficient (Wildman–Crippen LogP) is 3.83. The molecule has 0 aliphatic heterocycles. The summed E-state index contributed by atoms with van der Waals surface area (Å²) in [5.74, 6) is -0.372. The Morgan fingerprint density at radius 1 is 1.35 bits per heavy atom. The fourth-order valence-corrected chi connectivity index (χ4v) is 3.28. The molecule has 0 aliphatic carbocycles. The largest absolute Gasteiger partial charge is 0.354 e. The van der Waals surface area contributed by atoms with E-state index < -0.39 is 0 Å². The smallest absolute Gasteiger partial charge is 0.261 e. The van der Waals surface area contributed by atoms with Gasteiger partial charge in [0.15, 0.2) is 0 Å². The van der Waals surface area contributed by atoms with Crippen molar-refractivity contribution in [3.8, 4) is 16.5 Å². The summed E-state index contributed by atoms with van der Waals surface area (Å²) in [7, 11) is 1.51. The molecule has 0 atom stereocenters. The van der Waals surface area contributed by atoms with E-state index in [1.165, 1.54) is 18.4 Å². The summed E-state index contributed by atoms with van der Waals surface area (Å²) in [6.07, 6.45) is 1.60. The Hall–Kier alpha value is -1.90. The first-order chi connectivity index (χ1) is 9.65. The molecule has 0 radical (unpaired) electrons. The third-order valence-electron chi connectivity index (χ3n) is 2.64. The van der Waals surface area contributed by atoms with Crippen molar-refractivity contribution >= 4 is 39.2 Å². The van der Waals surface area contributed by atoms with Crippen LogP contribution in [0.25, 0.3) is 16.5 Å². The van der Waals surface area contributed by atoms with Crippen molar-refractivity contribution in [2.75, 3.05) is 7.05 Å². The number of nitriles is 1. The molecule has 3 nitrogen and oxygen atoms in total. The number of likely N-dealkylation sites (N-methyl/N-ethyl adjacent to an activating group) is 1. The first-order valence-electron chi connectivity index (χ1n) is 5.84. The maximum absolute atomic E-state index is 11.5. The number of carbonyl (C=O) groups is 1. The molecule has 0 fully saturated rings. The van der Waals surface area contributed by atoms with E-state index in [9.17, 15) is 4.79 Å². The molecule has 2 aromatic rings. The number of carbonyl (C=O) groups excluding carboxylic acids is 1. The van der Waals surface area contributed by atoms with E-state index in [-0.39, 0.29) is 11.5 Å². The zero-order chi connectivity index (χ0) is 14.5. The van der Waals surface area contributed by atoms with Gasteiger partial charge in [-0.3, -0.25) is 4.79 Å². The Morgan fingerprint density at radius 3 is 2.75 bits per heavy atom. The molecule has 1 aromatic heterocycles. The minimum atomic E-state index is -0.372. The molecule has 1 heterocycles. The van der Waals surface area contributed by atoms with Crippen molar-refractivity contribution in [3.63, 3.8) is 0 Å². The molecule has 1 N–H and O–H groups in total. The van der Waals surface area contributed by atoms with Gasteiger partial charge in [-0.25, -0.2) is 0 Å². The number of thiophene rings is 1. The molecule has 2 rings (SSSR count). The number of rotatable bonds is 3. The summed E-state index contributed by atoms with van der Waals surface area (Å²) in [6.45, 7) is 0. The second-order valence-corrected chi connectivity index (χ2v) is 5.90. The van der Waals surface area contributed by atoms with Crippen LogP contribution >= 0.6 is 27.3 Å². The number of nitrogens with zero attached hydrogens (tertiary/aromatic N) is 1. The van der Waals surface area contributed by atoms with Gasteiger partial charge in [0.1, 0.15) is 11.6 Å². The second kappa shape index (κ2) is 6.51. The lowest BCUT2D eigenvalue weighted by molar-refractivity contribution is -0.116. The summed E-state index contributed by atoms with van der Waals surface area (Å²) in [5, 5.41) is 11.4. The SMILES string of the molecule is CNC(=O)/C(C#N)=C/c1ccc(-c2ccccc2Br)s1. The zero-order valence-electron chi connectivity index (χ0n) is 10.7. The molecular formula is C15H11BrN2OS. The number of benzene rings is 1. The van der Waals surface area contributed by atoms with Gasteiger partial charge in [-0.05, 0) is 24.3 Å². The van der Waals surface area contributed by atoms with Crippen molar-refractivity contribution in [2.45, 2.75) is 0 Å². The molecular weight excluding hydrogens is 336 g/mol. The van der Waals surface area contributed by atoms with Gasteiger partial charge in [0, 0.05) is 26.8 Å². The van der Waals surface area contributed by atoms with E-state index >= 15 is 0 Å². The normalized spacial score (nSPS) is 10.9. The van der Waals surface area contributed by atoms with Crippen LogP contribution in [0.1, 0.15) is 4.88 Å². The van der Waals surface area contributed by atoms with Gasteiger partial charge in [-0.2, -0.15) is 5.26 Å². The summed E-state index contributed by atoms with van der Waals surface area (Å²) in [5.41, 5.74) is 1.20. The third-order valence-corrected chi connectivity index (χ3v) is 4.40. The number of hydrogen-bond acceptors (Lipinski definition) is 3. The van der Waals surface area contributed by atoms with Gasteiger partial charge in [0.2, 0.25) is 0 Å². The average Bonchev–Trinajstić information content (AvgIpc) is 2.92. The first kappa shape index (κ1) is 14.5. The molecule has 5 heteroatoms. The monoisotopic (exact) mass is 346 g/mol. The van der Waals surface area contributed by atoms with E-state index in [0.29, 0.717) is 0 Å². The Morgan fingerprint density at radius 2 is 2.10 bits per heavy atom. The molecule has 0 saturated heterocycles. The predicted molar refractivity (Wildman–Crippen MR) is 85.1 cm³/mol. The minimum absolute atomic E-state index is 0.105. The topological polar surface area (TPSA) is 52.9 Å². The summed E-state index contributed by atoms with van der Waals surface area (Å²) in [6, 6.07) is 13.7. The van der Waals surface area contributed by atoms with E-state index in [4.69, 9.17) is 5.26 Å². The fourth-order valence-electron chi connectivity index (χ4n) is 1.66. The van der Waals surface area contributed by atoms with Gasteiger partial charge in [-0.15, -0.1) is 11.3 Å². The Labute approximate surface area is 129 Å². The number of halogens is 1. The van der Waals surface area contributed by atoms with E-state index in [2.05, 4.69) is 21.2 Å². The summed E-state index contributed by atoms with van der Waals surface area (Å²) in [4.78, 5) is 13.4. The highest BCUT2D eigenvalue weighted by molar-refractivity contribution is 9.10. The zero-order valence-corrected chi connectivity index (χ0v) is 13.1. The van der Waals surface area contributed by atoms with Gasteiger partial charge < -0.3 is 5.32 Å². The molecule has 0 unspecified atom stereocenters. The van der Waals surface area contributed by atoms with Gasteiger partial charge in [-0.1, -0.05) is 34.1 Å². The molecule has 1 amide bonds. The number of amides is 1. The van der Waals surface area contributed by atoms with E-state index in [1.54, 1.807) is 6.08 Å². The van der Waals surface area contributed by atoms with Crippen LogP contribution in [0.5, 0.6) is 0 Å². The highest BCUT2D eigenvalue weighted by Crippen LogP contribution is 2.34. The van der Waals surface area contributed by atoms with Gasteiger partial charge in [0.05, 0.1) is 0 Å². The quantitative estimate of drug-likeness (QED) is 0.678. The third kappa shape index (κ3) is 3.16. The lowest BCUT2D eigenvalue weighted by Gasteiger charge is -1.99. The minimum Gasteiger partial charge on any atom is -0.354 e. The molecule has 0 spiro atoms. The molecule has 0 bridgehead atoms. The fraction of sp³-hybridized carbons (Fsp3) is 0.0667.